The summed E-state index contributed by atoms with van der Waals surface area (Å²) < 4.78 is 2.40. The third kappa shape index (κ3) is 6.45. The minimum atomic E-state index is -0.962. The number of halogens is 1. The van der Waals surface area contributed by atoms with Crippen LogP contribution in [0.25, 0.3) is 0 Å². The molecule has 33 heavy (non-hydrogen) atoms. The summed E-state index contributed by atoms with van der Waals surface area (Å²) in [5.41, 5.74) is 7.56. The van der Waals surface area contributed by atoms with Gasteiger partial charge in [0.15, 0.2) is 0 Å². The molecule has 0 aromatic heterocycles. The fraction of sp³-hybridized carbons (Fsp3) is 0.552. The van der Waals surface area contributed by atoms with Crippen LogP contribution in [0.1, 0.15) is 122 Å². The van der Waals surface area contributed by atoms with Crippen LogP contribution in [0, 0.1) is 5.41 Å². The average molecular weight is 528 g/mol. The van der Waals surface area contributed by atoms with Crippen LogP contribution in [0.5, 0.6) is 0 Å². The van der Waals surface area contributed by atoms with Gasteiger partial charge in [-0.15, -0.1) is 0 Å². The fourth-order valence-corrected chi connectivity index (χ4v) is 6.81. The van der Waals surface area contributed by atoms with Crippen molar-refractivity contribution in [2.75, 3.05) is 3.86 Å². The summed E-state index contributed by atoms with van der Waals surface area (Å²) >= 11 is -0.962. The van der Waals surface area contributed by atoms with E-state index in [-0.39, 0.29) is 5.41 Å². The van der Waals surface area contributed by atoms with Crippen molar-refractivity contribution in [2.45, 2.75) is 99.8 Å². The van der Waals surface area contributed by atoms with E-state index in [1.165, 1.54) is 27.9 Å². The van der Waals surface area contributed by atoms with E-state index in [4.69, 9.17) is 15.0 Å². The van der Waals surface area contributed by atoms with Gasteiger partial charge in [-0.05, 0) is 0 Å². The van der Waals surface area contributed by atoms with Crippen LogP contribution in [0.4, 0.5) is 11.4 Å². The van der Waals surface area contributed by atoms with Crippen molar-refractivity contribution >= 4 is 41.9 Å². The molecule has 2 aromatic carbocycles. The molecule has 0 atom stereocenters. The molecule has 0 spiro atoms. The molecule has 0 amide bonds. The van der Waals surface area contributed by atoms with Gasteiger partial charge in [-0.2, -0.15) is 0 Å². The molecule has 0 unspecified atom stereocenters. The molecular weight excluding hydrogens is 484 g/mol. The SMILES string of the molecule is CC(C)c1cccc(C(C)C)c1N=C([N]([Ge][Cl])c1c(C(C)C)cccc1C(C)C)C(C)(C)C. The summed E-state index contributed by atoms with van der Waals surface area (Å²) in [7, 11) is 6.90. The van der Waals surface area contributed by atoms with Crippen molar-refractivity contribution in [3.8, 4) is 0 Å². The Morgan fingerprint density at radius 1 is 0.727 bits per heavy atom. The van der Waals surface area contributed by atoms with Crippen LogP contribution in [0.15, 0.2) is 41.4 Å². The van der Waals surface area contributed by atoms with Gasteiger partial charge in [-0.1, -0.05) is 0 Å². The Kier molecular flexibility index (Phi) is 9.71. The molecule has 0 aliphatic heterocycles. The molecule has 2 rings (SSSR count). The van der Waals surface area contributed by atoms with Crippen molar-refractivity contribution < 1.29 is 0 Å². The van der Waals surface area contributed by atoms with Crippen LogP contribution in [-0.4, -0.2) is 20.6 Å². The summed E-state index contributed by atoms with van der Waals surface area (Å²) in [5, 5.41) is 0. The Morgan fingerprint density at radius 2 is 1.09 bits per heavy atom. The summed E-state index contributed by atoms with van der Waals surface area (Å²) in [5.74, 6) is 2.69. The first-order chi connectivity index (χ1) is 15.3. The van der Waals surface area contributed by atoms with Gasteiger partial charge >= 0.3 is 215 Å². The Hall–Kier alpha value is -1.26. The molecule has 4 heteroatoms. The minimum absolute atomic E-state index is 0.158. The van der Waals surface area contributed by atoms with E-state index in [2.05, 4.69) is 116 Å². The zero-order valence-corrected chi connectivity index (χ0v) is 25.4. The zero-order valence-electron chi connectivity index (χ0n) is 22.5. The first-order valence-corrected chi connectivity index (χ1v) is 16.0. The van der Waals surface area contributed by atoms with E-state index in [0.29, 0.717) is 23.7 Å². The van der Waals surface area contributed by atoms with Gasteiger partial charge in [0.1, 0.15) is 0 Å². The van der Waals surface area contributed by atoms with E-state index >= 15 is 0 Å². The van der Waals surface area contributed by atoms with E-state index in [1.54, 1.807) is 0 Å². The Bertz CT molecular complexity index is 916. The predicted molar refractivity (Wildman–Crippen MR) is 150 cm³/mol. The summed E-state index contributed by atoms with van der Waals surface area (Å²) in [6.45, 7) is 24.9. The van der Waals surface area contributed by atoms with Crippen molar-refractivity contribution in [3.63, 3.8) is 0 Å². The molecule has 2 radical (unpaired) electrons. The fourth-order valence-electron chi connectivity index (χ4n) is 4.26. The van der Waals surface area contributed by atoms with Crippen LogP contribution >= 0.6 is 10.0 Å². The van der Waals surface area contributed by atoms with Gasteiger partial charge < -0.3 is 0 Å². The maximum absolute atomic E-state index is 6.90. The topological polar surface area (TPSA) is 15.6 Å². The molecule has 180 valence electrons. The number of para-hydroxylation sites is 2. The van der Waals surface area contributed by atoms with Gasteiger partial charge in [-0.3, -0.25) is 0 Å². The number of hydrogen-bond donors (Lipinski definition) is 0. The number of rotatable bonds is 7. The van der Waals surface area contributed by atoms with Gasteiger partial charge in [0.2, 0.25) is 0 Å². The number of nitrogens with zero attached hydrogens (tertiary/aromatic N) is 2. The molecule has 2 nitrogen and oxygen atoms in total. The van der Waals surface area contributed by atoms with E-state index in [0.717, 1.165) is 11.5 Å². The van der Waals surface area contributed by atoms with Crippen LogP contribution in [0.3, 0.4) is 0 Å². The first kappa shape index (κ1) is 28.0. The normalized spacial score (nSPS) is 13.0. The molecular formula is C29H43ClGeN2. The molecule has 0 aliphatic rings. The Balaban J connectivity index is 2.94. The third-order valence-corrected chi connectivity index (χ3v) is 8.24. The molecule has 2 aromatic rings. The predicted octanol–water partition coefficient (Wildman–Crippen LogP) is 9.54. The van der Waals surface area contributed by atoms with Crippen LogP contribution < -0.4 is 3.86 Å². The van der Waals surface area contributed by atoms with E-state index in [9.17, 15) is 0 Å². The van der Waals surface area contributed by atoms with Gasteiger partial charge in [0.25, 0.3) is 0 Å². The summed E-state index contributed by atoms with van der Waals surface area (Å²) in [4.78, 5) is 5.51. The summed E-state index contributed by atoms with van der Waals surface area (Å²) in [6, 6.07) is 13.4. The second kappa shape index (κ2) is 11.4. The van der Waals surface area contributed by atoms with Crippen molar-refractivity contribution in [1.29, 1.82) is 0 Å². The summed E-state index contributed by atoms with van der Waals surface area (Å²) in [6.07, 6.45) is 0. The van der Waals surface area contributed by atoms with Crippen LogP contribution in [-0.2, 0) is 0 Å². The second-order valence-corrected chi connectivity index (χ2v) is 13.5. The molecule has 0 saturated carbocycles. The van der Waals surface area contributed by atoms with Gasteiger partial charge in [0.05, 0.1) is 0 Å². The van der Waals surface area contributed by atoms with Gasteiger partial charge in [0, 0.05) is 0 Å². The number of amidine groups is 1. The monoisotopic (exact) mass is 528 g/mol. The first-order valence-electron chi connectivity index (χ1n) is 12.3. The molecule has 0 heterocycles. The van der Waals surface area contributed by atoms with Gasteiger partial charge in [-0.25, -0.2) is 0 Å². The van der Waals surface area contributed by atoms with E-state index in [1.807, 2.05) is 0 Å². The molecule has 0 saturated heterocycles. The van der Waals surface area contributed by atoms with Crippen molar-refractivity contribution in [1.82, 2.24) is 0 Å². The number of hydrogen-bond acceptors (Lipinski definition) is 1. The number of benzene rings is 2. The van der Waals surface area contributed by atoms with Crippen LogP contribution in [0.2, 0.25) is 0 Å². The van der Waals surface area contributed by atoms with Crippen molar-refractivity contribution in [2.24, 2.45) is 10.4 Å². The molecule has 0 fully saturated rings. The standard InChI is InChI=1S/C29H43ClGeN2/c1-18(2)22-14-12-15-23(19(3)4)26(22)32-28(29(9,10)11)33(31-30)27-24(20(5)6)16-13-17-25(27)21(7)8/h12-21H,1-11H3. The molecule has 0 N–H and O–H groups in total. The maximum atomic E-state index is 6.90. The Labute approximate surface area is 214 Å². The number of anilines is 1. The number of aliphatic imine (C=N–C) groups is 1. The van der Waals surface area contributed by atoms with Crippen molar-refractivity contribution in [3.05, 3.63) is 58.7 Å². The average Bonchev–Trinajstić information content (AvgIpc) is 2.72. The van der Waals surface area contributed by atoms with E-state index < -0.39 is 14.7 Å². The quantitative estimate of drug-likeness (QED) is 0.199. The molecule has 0 bridgehead atoms. The third-order valence-electron chi connectivity index (χ3n) is 6.09. The Morgan fingerprint density at radius 3 is 1.39 bits per heavy atom. The zero-order chi connectivity index (χ0) is 25.1. The molecule has 0 aliphatic carbocycles. The second-order valence-electron chi connectivity index (χ2n) is 11.3.